The first-order valence-corrected chi connectivity index (χ1v) is 8.62. The highest BCUT2D eigenvalue weighted by Gasteiger charge is 1.91. The molecule has 0 spiro atoms. The molecule has 0 aromatic carbocycles. The molecule has 0 fully saturated rings. The van der Waals surface area contributed by atoms with Gasteiger partial charge < -0.3 is 5.21 Å². The van der Waals surface area contributed by atoms with Crippen LogP contribution in [0, 0.1) is 11.3 Å². The first-order chi connectivity index (χ1) is 9.91. The molecule has 0 rings (SSSR count). The largest absolute Gasteiger partial charge is 0.498 e. The minimum Gasteiger partial charge on any atom is -0.498 e. The zero-order valence-electron chi connectivity index (χ0n) is 13.4. The Morgan fingerprint density at radius 1 is 0.750 bits per heavy atom. The number of allylic oxidation sites excluding steroid dienone is 2. The molecule has 0 aromatic rings. The Hall–Kier alpha value is -0.970. The number of nitrogens with zero attached hydrogens (tertiary/aromatic N) is 1. The predicted molar refractivity (Wildman–Crippen MR) is 90.1 cm³/mol. The van der Waals surface area contributed by atoms with Gasteiger partial charge in [-0.25, -0.2) is 0 Å². The van der Waals surface area contributed by atoms with E-state index in [9.17, 15) is 5.21 Å². The number of unbranched alkanes of at least 4 members (excludes halogenated alkanes) is 12. The van der Waals surface area contributed by atoms with Gasteiger partial charge in [-0.3, -0.25) is 0 Å². The Balaban J connectivity index is 3.06. The molecule has 0 N–H and O–H groups in total. The summed E-state index contributed by atoms with van der Waals surface area (Å²) in [5, 5.41) is 12.4. The fourth-order valence-corrected chi connectivity index (χ4v) is 2.32. The number of hydrogen-bond acceptors (Lipinski definition) is 1. The molecule has 0 aliphatic heterocycles. The van der Waals surface area contributed by atoms with E-state index in [2.05, 4.69) is 30.2 Å². The van der Waals surface area contributed by atoms with Gasteiger partial charge in [0.2, 0.25) is 0 Å². The van der Waals surface area contributed by atoms with Crippen LogP contribution in [0.15, 0.2) is 12.2 Å². The molecule has 0 radical (unpaired) electrons. The molecule has 0 heterocycles. The summed E-state index contributed by atoms with van der Waals surface area (Å²) in [6.45, 7) is 2.27. The van der Waals surface area contributed by atoms with E-state index in [0.717, 1.165) is 12.8 Å². The van der Waals surface area contributed by atoms with Gasteiger partial charge in [0.05, 0.1) is 6.42 Å². The summed E-state index contributed by atoms with van der Waals surface area (Å²) in [4.78, 5) is 0. The highest BCUT2D eigenvalue weighted by atomic mass is 16.4. The monoisotopic (exact) mass is 279 g/mol. The van der Waals surface area contributed by atoms with E-state index in [0.29, 0.717) is 0 Å². The van der Waals surface area contributed by atoms with Crippen LogP contribution in [-0.2, 0) is 0 Å². The molecule has 0 aliphatic rings. The van der Waals surface area contributed by atoms with Crippen molar-refractivity contribution in [3.63, 3.8) is 0 Å². The lowest BCUT2D eigenvalue weighted by atomic mass is 10.1. The van der Waals surface area contributed by atoms with Crippen molar-refractivity contribution in [2.75, 3.05) is 0 Å². The predicted octanol–water partition coefficient (Wildman–Crippen LogP) is 6.85. The van der Waals surface area contributed by atoms with Gasteiger partial charge >= 0.3 is 0 Å². The third kappa shape index (κ3) is 17.0. The lowest BCUT2D eigenvalue weighted by Gasteiger charge is -1.98. The maximum Gasteiger partial charge on any atom is 0.298 e. The smallest absolute Gasteiger partial charge is 0.298 e. The molecule has 0 saturated heterocycles. The van der Waals surface area contributed by atoms with Gasteiger partial charge in [0, 0.05) is 5.01 Å². The van der Waals surface area contributed by atoms with Crippen LogP contribution in [0.2, 0.25) is 0 Å². The van der Waals surface area contributed by atoms with Crippen molar-refractivity contribution in [3.8, 4) is 6.07 Å². The first-order valence-electron chi connectivity index (χ1n) is 8.62. The molecule has 20 heavy (non-hydrogen) atoms. The van der Waals surface area contributed by atoms with Crippen molar-refractivity contribution in [3.05, 3.63) is 22.4 Å². The maximum absolute atomic E-state index is 9.78. The minimum atomic E-state index is 0.724. The third-order valence-electron chi connectivity index (χ3n) is 3.61. The lowest BCUT2D eigenvalue weighted by Crippen LogP contribution is -1.79. The van der Waals surface area contributed by atoms with Crippen LogP contribution >= 0.6 is 0 Å². The molecular formula is C18H33NO. The van der Waals surface area contributed by atoms with Crippen molar-refractivity contribution < 1.29 is 0 Å². The van der Waals surface area contributed by atoms with E-state index >= 15 is 0 Å². The summed E-state index contributed by atoms with van der Waals surface area (Å²) in [5.41, 5.74) is 0. The number of hydrogen-bond donors (Lipinski definition) is 0. The van der Waals surface area contributed by atoms with Crippen LogP contribution in [0.4, 0.5) is 0 Å². The fourth-order valence-electron chi connectivity index (χ4n) is 2.32. The number of rotatable bonds is 14. The molecule has 0 bridgehead atoms. The van der Waals surface area contributed by atoms with Crippen LogP contribution in [-0.4, -0.2) is 0 Å². The Labute approximate surface area is 126 Å². The van der Waals surface area contributed by atoms with Gasteiger partial charge in [0.1, 0.15) is 0 Å². The highest BCUT2D eigenvalue weighted by molar-refractivity contribution is 4.86. The van der Waals surface area contributed by atoms with Gasteiger partial charge in [0.25, 0.3) is 6.07 Å². The molecule has 2 heteroatoms. The van der Waals surface area contributed by atoms with Crippen LogP contribution in [0.3, 0.4) is 0 Å². The molecule has 0 unspecified atom stereocenters. The van der Waals surface area contributed by atoms with Crippen LogP contribution in [0.5, 0.6) is 0 Å². The van der Waals surface area contributed by atoms with Crippen LogP contribution < -0.4 is 0 Å². The highest BCUT2D eigenvalue weighted by Crippen LogP contribution is 2.09. The average Bonchev–Trinajstić information content (AvgIpc) is 2.47. The quantitative estimate of drug-likeness (QED) is 0.194. The van der Waals surface area contributed by atoms with Crippen molar-refractivity contribution in [2.45, 2.75) is 96.8 Å². The summed E-state index contributed by atoms with van der Waals surface area (Å²) in [5.74, 6) is 0. The third-order valence-corrected chi connectivity index (χ3v) is 3.61. The Bertz CT molecular complexity index is 262. The van der Waals surface area contributed by atoms with E-state index in [4.69, 9.17) is 0 Å². The zero-order valence-corrected chi connectivity index (χ0v) is 13.4. The maximum atomic E-state index is 9.78. The standard InChI is InChI=1S/C18H33NO/c1-2-3-4-5-6-7-8-9-10-11-12-13-14-15-16-17-18-19-20/h9-10H,2-8,11-17H2,1H3/b10-9-. The second kappa shape index (κ2) is 18.0. The second-order valence-electron chi connectivity index (χ2n) is 5.58. The Kier molecular flexibility index (Phi) is 17.2. The molecule has 2 nitrogen and oxygen atoms in total. The second-order valence-corrected chi connectivity index (χ2v) is 5.58. The van der Waals surface area contributed by atoms with Gasteiger partial charge in [-0.1, -0.05) is 70.4 Å². The summed E-state index contributed by atoms with van der Waals surface area (Å²) < 4.78 is 0. The molecular weight excluding hydrogens is 246 g/mol. The van der Waals surface area contributed by atoms with E-state index in [1.807, 2.05) is 0 Å². The normalized spacial score (nSPS) is 10.7. The first kappa shape index (κ1) is 19.0. The molecule has 0 aromatic heterocycles. The molecule has 0 saturated carbocycles. The van der Waals surface area contributed by atoms with Crippen molar-refractivity contribution >= 4 is 0 Å². The summed E-state index contributed by atoms with van der Waals surface area (Å²) in [6.07, 6.45) is 22.4. The van der Waals surface area contributed by atoms with Crippen molar-refractivity contribution in [1.29, 1.82) is 0 Å². The minimum absolute atomic E-state index is 0.724. The van der Waals surface area contributed by atoms with E-state index in [-0.39, 0.29) is 0 Å². The van der Waals surface area contributed by atoms with Crippen LogP contribution in [0.1, 0.15) is 96.8 Å². The molecule has 0 atom stereocenters. The van der Waals surface area contributed by atoms with Gasteiger partial charge in [-0.05, 0) is 32.1 Å². The average molecular weight is 279 g/mol. The summed E-state index contributed by atoms with van der Waals surface area (Å²) in [7, 11) is 0. The van der Waals surface area contributed by atoms with Gasteiger partial charge in [-0.2, -0.15) is 0 Å². The lowest BCUT2D eigenvalue weighted by molar-refractivity contribution is 0.609. The Morgan fingerprint density at radius 2 is 1.25 bits per heavy atom. The Morgan fingerprint density at radius 3 is 1.80 bits per heavy atom. The SMILES string of the molecule is CCCCCCCC/C=C\CCCCCCCC#[N+][O-]. The van der Waals surface area contributed by atoms with Gasteiger partial charge in [-0.15, -0.1) is 0 Å². The fraction of sp³-hybridized carbons (Fsp3) is 0.833. The van der Waals surface area contributed by atoms with E-state index < -0.39 is 0 Å². The molecule has 0 aliphatic carbocycles. The van der Waals surface area contributed by atoms with Crippen molar-refractivity contribution in [2.24, 2.45) is 0 Å². The topological polar surface area (TPSA) is 27.4 Å². The molecule has 116 valence electrons. The van der Waals surface area contributed by atoms with Crippen molar-refractivity contribution in [1.82, 2.24) is 0 Å². The molecule has 0 amide bonds. The van der Waals surface area contributed by atoms with E-state index in [1.165, 1.54) is 77.0 Å². The van der Waals surface area contributed by atoms with Gasteiger partial charge in [0.15, 0.2) is 0 Å². The zero-order chi connectivity index (χ0) is 14.7. The summed E-state index contributed by atoms with van der Waals surface area (Å²) in [6, 6.07) is 2.45. The summed E-state index contributed by atoms with van der Waals surface area (Å²) >= 11 is 0. The van der Waals surface area contributed by atoms with E-state index in [1.54, 1.807) is 0 Å². The van der Waals surface area contributed by atoms with Crippen LogP contribution in [0.25, 0.3) is 5.01 Å².